The number of likely N-dealkylation sites (tertiary alicyclic amines) is 1. The fourth-order valence-electron chi connectivity index (χ4n) is 3.33. The standard InChI is InChI=1S/C20H21N3O2S/c1-13-11-19(22-14(2)21-13)25-16-7-9-23(10-8-16)20(24)18-12-15-5-3-4-6-17(15)26-18/h3-6,11-12,16H,7-10H2,1-2H3. The summed E-state index contributed by atoms with van der Waals surface area (Å²) in [4.78, 5) is 24.2. The Morgan fingerprint density at radius 2 is 1.92 bits per heavy atom. The van der Waals surface area contributed by atoms with E-state index in [9.17, 15) is 4.79 Å². The summed E-state index contributed by atoms with van der Waals surface area (Å²) < 4.78 is 7.17. The van der Waals surface area contributed by atoms with Crippen molar-refractivity contribution in [1.29, 1.82) is 0 Å². The third kappa shape index (κ3) is 3.55. The summed E-state index contributed by atoms with van der Waals surface area (Å²) in [5.41, 5.74) is 0.907. The van der Waals surface area contributed by atoms with Crippen LogP contribution in [0, 0.1) is 13.8 Å². The van der Waals surface area contributed by atoms with Gasteiger partial charge in [0.25, 0.3) is 5.91 Å². The van der Waals surface area contributed by atoms with Crippen LogP contribution in [-0.4, -0.2) is 40.0 Å². The zero-order valence-corrected chi connectivity index (χ0v) is 15.8. The van der Waals surface area contributed by atoms with Crippen LogP contribution >= 0.6 is 11.3 Å². The first-order valence-corrected chi connectivity index (χ1v) is 9.67. The third-order valence-corrected chi connectivity index (χ3v) is 5.70. The van der Waals surface area contributed by atoms with Gasteiger partial charge in [-0.1, -0.05) is 18.2 Å². The predicted octanol–water partition coefficient (Wildman–Crippen LogP) is 3.99. The SMILES string of the molecule is Cc1cc(OC2CCN(C(=O)c3cc4ccccc4s3)CC2)nc(C)n1. The minimum absolute atomic E-state index is 0.0927. The molecule has 26 heavy (non-hydrogen) atoms. The molecular weight excluding hydrogens is 346 g/mol. The fourth-order valence-corrected chi connectivity index (χ4v) is 4.36. The molecule has 1 amide bonds. The zero-order valence-electron chi connectivity index (χ0n) is 14.9. The van der Waals surface area contributed by atoms with Gasteiger partial charge in [-0.25, -0.2) is 4.98 Å². The number of hydrogen-bond acceptors (Lipinski definition) is 5. The van der Waals surface area contributed by atoms with Gasteiger partial charge in [0.2, 0.25) is 5.88 Å². The molecule has 3 heterocycles. The summed E-state index contributed by atoms with van der Waals surface area (Å²) in [5, 5.41) is 1.13. The molecule has 6 heteroatoms. The van der Waals surface area contributed by atoms with E-state index < -0.39 is 0 Å². The first-order chi connectivity index (χ1) is 12.6. The molecule has 1 fully saturated rings. The molecule has 0 atom stereocenters. The lowest BCUT2D eigenvalue weighted by Gasteiger charge is -2.31. The fraction of sp³-hybridized carbons (Fsp3) is 0.350. The first-order valence-electron chi connectivity index (χ1n) is 8.85. The lowest BCUT2D eigenvalue weighted by Crippen LogP contribution is -2.41. The smallest absolute Gasteiger partial charge is 0.263 e. The Bertz CT molecular complexity index is 892. The predicted molar refractivity (Wildman–Crippen MR) is 103 cm³/mol. The average molecular weight is 367 g/mol. The van der Waals surface area contributed by atoms with Crippen LogP contribution in [0.15, 0.2) is 36.4 Å². The van der Waals surface area contributed by atoms with Gasteiger partial charge in [-0.2, -0.15) is 4.98 Å². The molecular formula is C20H21N3O2S. The van der Waals surface area contributed by atoms with E-state index in [2.05, 4.69) is 16.0 Å². The van der Waals surface area contributed by atoms with E-state index in [0.29, 0.717) is 19.0 Å². The lowest BCUT2D eigenvalue weighted by atomic mass is 10.1. The quantitative estimate of drug-likeness (QED) is 0.702. The highest BCUT2D eigenvalue weighted by Gasteiger charge is 2.26. The van der Waals surface area contributed by atoms with Crippen molar-refractivity contribution >= 4 is 27.3 Å². The van der Waals surface area contributed by atoms with Gasteiger partial charge in [-0.05, 0) is 31.4 Å². The summed E-state index contributed by atoms with van der Waals surface area (Å²) in [6.07, 6.45) is 1.73. The second kappa shape index (κ2) is 7.03. The molecule has 2 aromatic heterocycles. The number of thiophene rings is 1. The van der Waals surface area contributed by atoms with E-state index in [4.69, 9.17) is 4.74 Å². The maximum absolute atomic E-state index is 12.8. The van der Waals surface area contributed by atoms with E-state index in [0.717, 1.165) is 39.3 Å². The molecule has 134 valence electrons. The van der Waals surface area contributed by atoms with E-state index in [-0.39, 0.29) is 12.0 Å². The highest BCUT2D eigenvalue weighted by Crippen LogP contribution is 2.27. The number of rotatable bonds is 3. The van der Waals surface area contributed by atoms with Crippen LogP contribution in [0.1, 0.15) is 34.0 Å². The number of amides is 1. The molecule has 0 N–H and O–H groups in total. The number of fused-ring (bicyclic) bond motifs is 1. The van der Waals surface area contributed by atoms with Gasteiger partial charge in [0, 0.05) is 42.4 Å². The van der Waals surface area contributed by atoms with Gasteiger partial charge >= 0.3 is 0 Å². The lowest BCUT2D eigenvalue weighted by molar-refractivity contribution is 0.0592. The number of benzene rings is 1. The van der Waals surface area contributed by atoms with Crippen molar-refractivity contribution in [3.8, 4) is 5.88 Å². The Morgan fingerprint density at radius 3 is 2.65 bits per heavy atom. The summed E-state index contributed by atoms with van der Waals surface area (Å²) in [5.74, 6) is 1.47. The second-order valence-electron chi connectivity index (χ2n) is 6.65. The minimum Gasteiger partial charge on any atom is -0.474 e. The van der Waals surface area contributed by atoms with Gasteiger partial charge in [0.05, 0.1) is 4.88 Å². The maximum Gasteiger partial charge on any atom is 0.263 e. The molecule has 1 aliphatic heterocycles. The van der Waals surface area contributed by atoms with Crippen LogP contribution in [0.2, 0.25) is 0 Å². The Labute approximate surface area is 156 Å². The van der Waals surface area contributed by atoms with Crippen molar-refractivity contribution in [2.45, 2.75) is 32.8 Å². The number of aryl methyl sites for hydroxylation is 2. The average Bonchev–Trinajstić information content (AvgIpc) is 3.05. The molecule has 5 nitrogen and oxygen atoms in total. The Hall–Kier alpha value is -2.47. The molecule has 1 aliphatic rings. The molecule has 1 aromatic carbocycles. The molecule has 0 saturated carbocycles. The molecule has 0 aliphatic carbocycles. The normalized spacial score (nSPS) is 15.4. The van der Waals surface area contributed by atoms with Gasteiger partial charge in [0.1, 0.15) is 11.9 Å². The maximum atomic E-state index is 12.8. The van der Waals surface area contributed by atoms with E-state index in [1.807, 2.05) is 49.1 Å². The third-order valence-electron chi connectivity index (χ3n) is 4.60. The van der Waals surface area contributed by atoms with Crippen molar-refractivity contribution < 1.29 is 9.53 Å². The van der Waals surface area contributed by atoms with Crippen molar-refractivity contribution in [1.82, 2.24) is 14.9 Å². The van der Waals surface area contributed by atoms with Crippen LogP contribution in [0.5, 0.6) is 5.88 Å². The number of hydrogen-bond donors (Lipinski definition) is 0. The monoisotopic (exact) mass is 367 g/mol. The van der Waals surface area contributed by atoms with Gasteiger partial charge in [-0.15, -0.1) is 11.3 Å². The zero-order chi connectivity index (χ0) is 18.1. The molecule has 0 bridgehead atoms. The molecule has 1 saturated heterocycles. The highest BCUT2D eigenvalue weighted by atomic mass is 32.1. The second-order valence-corrected chi connectivity index (χ2v) is 7.74. The molecule has 0 unspecified atom stereocenters. The molecule has 4 rings (SSSR count). The molecule has 0 radical (unpaired) electrons. The largest absolute Gasteiger partial charge is 0.474 e. The van der Waals surface area contributed by atoms with Gasteiger partial charge in [0.15, 0.2) is 0 Å². The van der Waals surface area contributed by atoms with Gasteiger partial charge < -0.3 is 9.64 Å². The molecule has 3 aromatic rings. The van der Waals surface area contributed by atoms with E-state index in [1.54, 1.807) is 11.3 Å². The van der Waals surface area contributed by atoms with Gasteiger partial charge in [-0.3, -0.25) is 4.79 Å². The van der Waals surface area contributed by atoms with Crippen molar-refractivity contribution in [3.63, 3.8) is 0 Å². The van der Waals surface area contributed by atoms with Crippen molar-refractivity contribution in [2.24, 2.45) is 0 Å². The number of carbonyl (C=O) groups excluding carboxylic acids is 1. The number of carbonyl (C=O) groups is 1. The van der Waals surface area contributed by atoms with Crippen LogP contribution in [-0.2, 0) is 0 Å². The van der Waals surface area contributed by atoms with Crippen LogP contribution in [0.25, 0.3) is 10.1 Å². The number of piperidine rings is 1. The van der Waals surface area contributed by atoms with Crippen LogP contribution in [0.4, 0.5) is 0 Å². The highest BCUT2D eigenvalue weighted by molar-refractivity contribution is 7.20. The van der Waals surface area contributed by atoms with E-state index in [1.165, 1.54) is 0 Å². The summed E-state index contributed by atoms with van der Waals surface area (Å²) in [7, 11) is 0. The summed E-state index contributed by atoms with van der Waals surface area (Å²) in [6.45, 7) is 5.22. The Kier molecular flexibility index (Phi) is 4.59. The molecule has 0 spiro atoms. The summed E-state index contributed by atoms with van der Waals surface area (Å²) in [6, 6.07) is 12.0. The Morgan fingerprint density at radius 1 is 1.15 bits per heavy atom. The first kappa shape index (κ1) is 17.0. The number of ether oxygens (including phenoxy) is 1. The minimum atomic E-state index is 0.0927. The number of aromatic nitrogens is 2. The summed E-state index contributed by atoms with van der Waals surface area (Å²) >= 11 is 1.57. The van der Waals surface area contributed by atoms with Crippen molar-refractivity contribution in [3.05, 3.63) is 52.8 Å². The number of nitrogens with zero attached hydrogens (tertiary/aromatic N) is 3. The van der Waals surface area contributed by atoms with Crippen LogP contribution in [0.3, 0.4) is 0 Å². The van der Waals surface area contributed by atoms with E-state index >= 15 is 0 Å². The Balaban J connectivity index is 1.39. The topological polar surface area (TPSA) is 55.3 Å². The van der Waals surface area contributed by atoms with Crippen LogP contribution < -0.4 is 4.74 Å². The van der Waals surface area contributed by atoms with Crippen molar-refractivity contribution in [2.75, 3.05) is 13.1 Å².